The molecule has 0 bridgehead atoms. The van der Waals surface area contributed by atoms with Crippen LogP contribution in [0.15, 0.2) is 11.1 Å². The van der Waals surface area contributed by atoms with Crippen LogP contribution in [0, 0.1) is 6.92 Å². The van der Waals surface area contributed by atoms with Crippen molar-refractivity contribution >= 4 is 34.8 Å². The number of aliphatic imine (C=N–C) groups is 1. The van der Waals surface area contributed by atoms with Gasteiger partial charge in [-0.15, -0.1) is 0 Å². The van der Waals surface area contributed by atoms with E-state index in [2.05, 4.69) is 19.9 Å². The Kier molecular flexibility index (Phi) is 4.05. The Labute approximate surface area is 145 Å². The van der Waals surface area contributed by atoms with E-state index < -0.39 is 0 Å². The van der Waals surface area contributed by atoms with Gasteiger partial charge in [0.1, 0.15) is 28.9 Å². The number of rotatable bonds is 3. The highest BCUT2D eigenvalue weighted by atomic mass is 35.5. The number of imidazole rings is 1. The molecule has 2 atom stereocenters. The van der Waals surface area contributed by atoms with Crippen LogP contribution in [0.2, 0.25) is 5.15 Å². The second-order valence-corrected chi connectivity index (χ2v) is 6.77. The van der Waals surface area contributed by atoms with Crippen LogP contribution in [0.5, 0.6) is 0 Å². The van der Waals surface area contributed by atoms with Crippen molar-refractivity contribution in [3.05, 3.63) is 17.0 Å². The summed E-state index contributed by atoms with van der Waals surface area (Å²) in [6, 6.07) is 1.82. The lowest BCUT2D eigenvalue weighted by molar-refractivity contribution is -0.0309. The number of aryl methyl sites for hydroxylation is 1. The number of nitrogens with zero attached hydrogens (tertiary/aromatic N) is 5. The van der Waals surface area contributed by atoms with Crippen molar-refractivity contribution < 1.29 is 4.74 Å². The lowest BCUT2D eigenvalue weighted by Crippen LogP contribution is -2.25. The van der Waals surface area contributed by atoms with Gasteiger partial charge in [0.05, 0.1) is 18.6 Å². The van der Waals surface area contributed by atoms with Gasteiger partial charge in [-0.1, -0.05) is 11.6 Å². The summed E-state index contributed by atoms with van der Waals surface area (Å²) in [4.78, 5) is 15.7. The minimum atomic E-state index is -0.0156. The van der Waals surface area contributed by atoms with E-state index in [1.54, 1.807) is 0 Å². The number of ether oxygens (including phenoxy) is 1. The first-order chi connectivity index (χ1) is 11.6. The van der Waals surface area contributed by atoms with Crippen molar-refractivity contribution in [2.24, 2.45) is 4.99 Å². The molecular weight excluding hydrogens is 328 g/mol. The van der Waals surface area contributed by atoms with E-state index in [9.17, 15) is 0 Å². The fourth-order valence-electron chi connectivity index (χ4n) is 3.35. The third-order valence-corrected chi connectivity index (χ3v) is 4.66. The molecule has 7 nitrogen and oxygen atoms in total. The lowest BCUT2D eigenvalue weighted by Gasteiger charge is -2.25. The molecule has 2 aliphatic rings. The van der Waals surface area contributed by atoms with E-state index in [1.807, 2.05) is 31.3 Å². The van der Waals surface area contributed by atoms with Crippen molar-refractivity contribution in [2.45, 2.75) is 38.6 Å². The van der Waals surface area contributed by atoms with Crippen LogP contribution in [-0.2, 0) is 4.74 Å². The van der Waals surface area contributed by atoms with Crippen molar-refractivity contribution in [3.63, 3.8) is 0 Å². The smallest absolute Gasteiger partial charge is 0.166 e. The molecule has 2 aromatic heterocycles. The molecule has 128 valence electrons. The highest BCUT2D eigenvalue weighted by Gasteiger charge is 2.24. The number of fused-ring (bicyclic) bond motifs is 1. The molecule has 0 saturated carbocycles. The van der Waals surface area contributed by atoms with Crippen LogP contribution in [-0.4, -0.2) is 52.1 Å². The molecule has 0 aliphatic carbocycles. The molecule has 1 fully saturated rings. The first-order valence-electron chi connectivity index (χ1n) is 8.28. The molecule has 0 aromatic carbocycles. The van der Waals surface area contributed by atoms with Crippen LogP contribution in [0.3, 0.4) is 0 Å². The predicted octanol–water partition coefficient (Wildman–Crippen LogP) is 2.80. The molecular formula is C16H21ClN6O. The standard InChI is InChI=1S/C16H21ClN6O/c1-10-19-15-11(20-13-8-22(2)9-18-13)7-12(17)21-16(15)23(10)14-5-3-4-6-24-14/h7,9,13-14H,3-6,8H2,1-2H3,(H,20,21). The number of hydrogen-bond donors (Lipinski definition) is 1. The summed E-state index contributed by atoms with van der Waals surface area (Å²) in [6.07, 6.45) is 5.04. The van der Waals surface area contributed by atoms with Gasteiger partial charge in [0, 0.05) is 19.7 Å². The maximum atomic E-state index is 6.28. The summed E-state index contributed by atoms with van der Waals surface area (Å²) in [7, 11) is 2.00. The highest BCUT2D eigenvalue weighted by molar-refractivity contribution is 6.30. The predicted molar refractivity (Wildman–Crippen MR) is 94.6 cm³/mol. The number of hydrogen-bond acceptors (Lipinski definition) is 6. The van der Waals surface area contributed by atoms with Gasteiger partial charge in [-0.05, 0) is 26.2 Å². The van der Waals surface area contributed by atoms with Gasteiger partial charge >= 0.3 is 0 Å². The van der Waals surface area contributed by atoms with Gasteiger partial charge in [0.2, 0.25) is 0 Å². The molecule has 4 heterocycles. The Morgan fingerprint density at radius 3 is 2.92 bits per heavy atom. The first kappa shape index (κ1) is 15.7. The Bertz CT molecular complexity index is 782. The summed E-state index contributed by atoms with van der Waals surface area (Å²) >= 11 is 6.28. The summed E-state index contributed by atoms with van der Waals surface area (Å²) in [6.45, 7) is 3.57. The Morgan fingerprint density at radius 2 is 2.21 bits per heavy atom. The Balaban J connectivity index is 1.74. The zero-order chi connectivity index (χ0) is 16.7. The monoisotopic (exact) mass is 348 g/mol. The van der Waals surface area contributed by atoms with E-state index in [1.165, 1.54) is 0 Å². The number of pyridine rings is 1. The Hall–Kier alpha value is -1.86. The van der Waals surface area contributed by atoms with Crippen molar-refractivity contribution in [2.75, 3.05) is 25.5 Å². The molecule has 1 saturated heterocycles. The largest absolute Gasteiger partial charge is 0.362 e. The summed E-state index contributed by atoms with van der Waals surface area (Å²) < 4.78 is 7.99. The molecule has 24 heavy (non-hydrogen) atoms. The maximum Gasteiger partial charge on any atom is 0.166 e. The summed E-state index contributed by atoms with van der Waals surface area (Å²) in [5.41, 5.74) is 2.45. The molecule has 8 heteroatoms. The molecule has 0 amide bonds. The SMILES string of the molecule is Cc1nc2c(NC3CN(C)C=N3)cc(Cl)nc2n1C1CCCCO1. The van der Waals surface area contributed by atoms with Gasteiger partial charge in [-0.2, -0.15) is 0 Å². The molecule has 1 N–H and O–H groups in total. The van der Waals surface area contributed by atoms with Crippen LogP contribution in [0.4, 0.5) is 5.69 Å². The summed E-state index contributed by atoms with van der Waals surface area (Å²) in [5.74, 6) is 0.891. The molecule has 2 aliphatic heterocycles. The molecule has 0 radical (unpaired) electrons. The van der Waals surface area contributed by atoms with Gasteiger partial charge < -0.3 is 15.0 Å². The number of likely N-dealkylation sites (N-methyl/N-ethyl adjacent to an activating group) is 1. The van der Waals surface area contributed by atoms with Crippen molar-refractivity contribution in [1.29, 1.82) is 0 Å². The topological polar surface area (TPSA) is 67.6 Å². The van der Waals surface area contributed by atoms with E-state index in [4.69, 9.17) is 21.3 Å². The average molecular weight is 349 g/mol. The Morgan fingerprint density at radius 1 is 1.33 bits per heavy atom. The van der Waals surface area contributed by atoms with Gasteiger partial charge in [0.15, 0.2) is 5.65 Å². The minimum Gasteiger partial charge on any atom is -0.362 e. The third kappa shape index (κ3) is 2.82. The van der Waals surface area contributed by atoms with Crippen LogP contribution in [0.25, 0.3) is 11.2 Å². The zero-order valence-corrected chi connectivity index (χ0v) is 14.6. The number of nitrogens with one attached hydrogen (secondary N) is 1. The fourth-order valence-corrected chi connectivity index (χ4v) is 3.54. The number of halogens is 1. The van der Waals surface area contributed by atoms with E-state index in [-0.39, 0.29) is 12.4 Å². The molecule has 2 aromatic rings. The van der Waals surface area contributed by atoms with Gasteiger partial charge in [-0.3, -0.25) is 4.57 Å². The molecule has 4 rings (SSSR count). The minimum absolute atomic E-state index is 0.00643. The fraction of sp³-hybridized carbons (Fsp3) is 0.562. The number of anilines is 1. The van der Waals surface area contributed by atoms with Crippen molar-refractivity contribution in [3.8, 4) is 0 Å². The highest BCUT2D eigenvalue weighted by Crippen LogP contribution is 2.32. The van der Waals surface area contributed by atoms with Gasteiger partial charge in [0.25, 0.3) is 0 Å². The van der Waals surface area contributed by atoms with Crippen LogP contribution >= 0.6 is 11.6 Å². The third-order valence-electron chi connectivity index (χ3n) is 4.46. The lowest BCUT2D eigenvalue weighted by atomic mass is 10.2. The quantitative estimate of drug-likeness (QED) is 0.864. The van der Waals surface area contributed by atoms with Crippen LogP contribution < -0.4 is 5.32 Å². The average Bonchev–Trinajstić information content (AvgIpc) is 3.11. The van der Waals surface area contributed by atoms with E-state index in [0.717, 1.165) is 55.1 Å². The second kappa shape index (κ2) is 6.22. The maximum absolute atomic E-state index is 6.28. The van der Waals surface area contributed by atoms with Crippen LogP contribution in [0.1, 0.15) is 31.3 Å². The number of aromatic nitrogens is 3. The van der Waals surface area contributed by atoms with E-state index >= 15 is 0 Å². The zero-order valence-electron chi connectivity index (χ0n) is 13.9. The van der Waals surface area contributed by atoms with Crippen molar-refractivity contribution in [1.82, 2.24) is 19.4 Å². The second-order valence-electron chi connectivity index (χ2n) is 6.38. The summed E-state index contributed by atoms with van der Waals surface area (Å²) in [5, 5.41) is 3.86. The van der Waals surface area contributed by atoms with Gasteiger partial charge in [-0.25, -0.2) is 15.0 Å². The normalized spacial score (nSPS) is 24.0. The first-order valence-corrected chi connectivity index (χ1v) is 8.66. The molecule has 0 spiro atoms. The molecule has 2 unspecified atom stereocenters. The van der Waals surface area contributed by atoms with E-state index in [0.29, 0.717) is 5.15 Å².